The fourth-order valence-electron chi connectivity index (χ4n) is 1.59. The Morgan fingerprint density at radius 2 is 1.89 bits per heavy atom. The normalized spacial score (nSPS) is 9.67. The summed E-state index contributed by atoms with van der Waals surface area (Å²) in [6, 6.07) is 6.97. The van der Waals surface area contributed by atoms with Gasteiger partial charge in [0.25, 0.3) is 5.56 Å². The summed E-state index contributed by atoms with van der Waals surface area (Å²) in [5.41, 5.74) is -1.60. The summed E-state index contributed by atoms with van der Waals surface area (Å²) in [5.74, 6) is -0.737. The van der Waals surface area contributed by atoms with Gasteiger partial charge in [-0.25, -0.2) is 0 Å². The third kappa shape index (κ3) is 1.58. The maximum atomic E-state index is 11.7. The number of H-pyrrole nitrogens is 1. The molecule has 0 saturated carbocycles. The highest BCUT2D eigenvalue weighted by molar-refractivity contribution is 5.86. The van der Waals surface area contributed by atoms with E-state index in [9.17, 15) is 14.7 Å². The maximum absolute atomic E-state index is 11.7. The van der Waals surface area contributed by atoms with Gasteiger partial charge in [-0.15, -0.1) is 0 Å². The van der Waals surface area contributed by atoms with Crippen LogP contribution in [0.4, 0.5) is 0 Å². The first-order chi connectivity index (χ1) is 8.58. The molecule has 1 aromatic carbocycles. The minimum absolute atomic E-state index is 0.0470. The Morgan fingerprint density at radius 3 is 2.50 bits per heavy atom. The van der Waals surface area contributed by atoms with Crippen molar-refractivity contribution >= 4 is 10.9 Å². The number of nitriles is 2. The number of hydrogen-bond donors (Lipinski definition) is 2. The number of aromatic hydroxyl groups is 1. The van der Waals surface area contributed by atoms with Gasteiger partial charge in [0.1, 0.15) is 12.1 Å². The molecular formula is C12H5N3O3. The molecule has 0 aliphatic carbocycles. The van der Waals surface area contributed by atoms with Crippen LogP contribution in [-0.4, -0.2) is 10.1 Å². The Labute approximate surface area is 100.0 Å². The molecule has 1 aromatic heterocycles. The molecule has 0 unspecified atom stereocenters. The van der Waals surface area contributed by atoms with Crippen LogP contribution in [0.25, 0.3) is 10.9 Å². The summed E-state index contributed by atoms with van der Waals surface area (Å²) in [7, 11) is 0. The van der Waals surface area contributed by atoms with Crippen LogP contribution in [0.15, 0.2) is 27.8 Å². The van der Waals surface area contributed by atoms with Crippen molar-refractivity contribution < 1.29 is 5.11 Å². The van der Waals surface area contributed by atoms with E-state index in [1.807, 2.05) is 0 Å². The van der Waals surface area contributed by atoms with Gasteiger partial charge < -0.3 is 10.1 Å². The third-order valence-electron chi connectivity index (χ3n) is 2.44. The number of hydrogen-bond acceptors (Lipinski definition) is 5. The van der Waals surface area contributed by atoms with Gasteiger partial charge in [0.15, 0.2) is 11.2 Å². The Balaban J connectivity index is 3.21. The zero-order valence-electron chi connectivity index (χ0n) is 8.89. The highest BCUT2D eigenvalue weighted by atomic mass is 16.3. The fourth-order valence-corrected chi connectivity index (χ4v) is 1.59. The molecule has 6 nitrogen and oxygen atoms in total. The van der Waals surface area contributed by atoms with Crippen molar-refractivity contribution in [3.8, 4) is 17.9 Å². The van der Waals surface area contributed by atoms with E-state index in [-0.39, 0.29) is 22.0 Å². The Bertz CT molecular complexity index is 854. The average Bonchev–Trinajstić information content (AvgIpc) is 2.46. The van der Waals surface area contributed by atoms with Crippen molar-refractivity contribution in [3.63, 3.8) is 0 Å². The molecule has 0 spiro atoms. The number of benzene rings is 1. The molecule has 0 amide bonds. The van der Waals surface area contributed by atoms with Crippen LogP contribution in [-0.2, 0) is 0 Å². The van der Waals surface area contributed by atoms with Crippen molar-refractivity contribution in [1.82, 2.24) is 4.98 Å². The first-order valence-electron chi connectivity index (χ1n) is 4.82. The molecule has 0 aliphatic rings. The van der Waals surface area contributed by atoms with Gasteiger partial charge in [-0.1, -0.05) is 0 Å². The number of nitrogens with zero attached hydrogens (tertiary/aromatic N) is 2. The highest BCUT2D eigenvalue weighted by Crippen LogP contribution is 2.16. The SMILES string of the molecule is N#Cc1ccc2c(=O)cc(O)c(=O)[nH]c2c1C#N. The van der Waals surface area contributed by atoms with Crippen LogP contribution in [0, 0.1) is 22.7 Å². The van der Waals surface area contributed by atoms with Crippen molar-refractivity contribution in [2.24, 2.45) is 0 Å². The molecule has 0 aliphatic heterocycles. The number of aromatic amines is 1. The van der Waals surface area contributed by atoms with Crippen molar-refractivity contribution in [2.75, 3.05) is 0 Å². The third-order valence-corrected chi connectivity index (χ3v) is 2.44. The molecule has 0 saturated heterocycles. The van der Waals surface area contributed by atoms with E-state index < -0.39 is 16.7 Å². The summed E-state index contributed by atoms with van der Waals surface area (Å²) in [6.07, 6.45) is 0. The van der Waals surface area contributed by atoms with Crippen molar-refractivity contribution in [1.29, 1.82) is 10.5 Å². The fraction of sp³-hybridized carbons (Fsp3) is 0. The minimum Gasteiger partial charge on any atom is -0.503 e. The van der Waals surface area contributed by atoms with E-state index in [1.165, 1.54) is 12.1 Å². The molecular weight excluding hydrogens is 234 g/mol. The summed E-state index contributed by atoms with van der Waals surface area (Å²) >= 11 is 0. The molecule has 2 N–H and O–H groups in total. The van der Waals surface area contributed by atoms with Crippen molar-refractivity contribution in [3.05, 3.63) is 49.9 Å². The average molecular weight is 239 g/mol. The van der Waals surface area contributed by atoms with Gasteiger partial charge in [-0.2, -0.15) is 10.5 Å². The van der Waals surface area contributed by atoms with Crippen LogP contribution in [0.5, 0.6) is 5.75 Å². The van der Waals surface area contributed by atoms with Crippen LogP contribution in [0.3, 0.4) is 0 Å². The van der Waals surface area contributed by atoms with E-state index in [2.05, 4.69) is 4.98 Å². The number of aromatic nitrogens is 1. The predicted octanol–water partition coefficient (Wildman–Crippen LogP) is 0.337. The lowest BCUT2D eigenvalue weighted by Gasteiger charge is -1.97. The lowest BCUT2D eigenvalue weighted by atomic mass is 10.1. The number of rotatable bonds is 0. The molecule has 0 fully saturated rings. The zero-order chi connectivity index (χ0) is 13.3. The van der Waals surface area contributed by atoms with Gasteiger partial charge in [-0.3, -0.25) is 9.59 Å². The molecule has 86 valence electrons. The van der Waals surface area contributed by atoms with E-state index >= 15 is 0 Å². The van der Waals surface area contributed by atoms with Crippen LogP contribution >= 0.6 is 0 Å². The first-order valence-corrected chi connectivity index (χ1v) is 4.82. The molecule has 2 aromatic rings. The summed E-state index contributed by atoms with van der Waals surface area (Å²) in [5, 5.41) is 27.2. The van der Waals surface area contributed by atoms with Gasteiger partial charge in [0.2, 0.25) is 0 Å². The maximum Gasteiger partial charge on any atom is 0.290 e. The number of fused-ring (bicyclic) bond motifs is 1. The van der Waals surface area contributed by atoms with Crippen LogP contribution in [0.1, 0.15) is 11.1 Å². The first kappa shape index (κ1) is 11.4. The van der Waals surface area contributed by atoms with E-state index in [0.717, 1.165) is 6.07 Å². The summed E-state index contributed by atoms with van der Waals surface area (Å²) in [4.78, 5) is 25.4. The minimum atomic E-state index is -0.895. The van der Waals surface area contributed by atoms with Crippen molar-refractivity contribution in [2.45, 2.75) is 0 Å². The summed E-state index contributed by atoms with van der Waals surface area (Å²) in [6.45, 7) is 0. The molecule has 1 heterocycles. The second-order valence-electron chi connectivity index (χ2n) is 3.48. The molecule has 0 bridgehead atoms. The molecule has 0 radical (unpaired) electrons. The lowest BCUT2D eigenvalue weighted by Crippen LogP contribution is -2.01. The van der Waals surface area contributed by atoms with Gasteiger partial charge in [0, 0.05) is 11.5 Å². The molecule has 2 rings (SSSR count). The topological polar surface area (TPSA) is 118 Å². The van der Waals surface area contributed by atoms with Crippen LogP contribution in [0.2, 0.25) is 0 Å². The smallest absolute Gasteiger partial charge is 0.290 e. The van der Waals surface area contributed by atoms with Gasteiger partial charge >= 0.3 is 0 Å². The lowest BCUT2D eigenvalue weighted by molar-refractivity contribution is 0.468. The van der Waals surface area contributed by atoms with E-state index in [4.69, 9.17) is 10.5 Å². The standard InChI is InChI=1S/C12H5N3O3/c13-4-6-1-2-7-9(16)3-10(17)12(18)15-11(7)8(6)5-14/h1-3,17H,(H,15,18). The van der Waals surface area contributed by atoms with Gasteiger partial charge in [-0.05, 0) is 12.1 Å². The summed E-state index contributed by atoms with van der Waals surface area (Å²) < 4.78 is 0. The largest absolute Gasteiger partial charge is 0.503 e. The second-order valence-corrected chi connectivity index (χ2v) is 3.48. The van der Waals surface area contributed by atoms with Crippen LogP contribution < -0.4 is 11.0 Å². The predicted molar refractivity (Wildman–Crippen MR) is 61.9 cm³/mol. The molecule has 6 heteroatoms. The second kappa shape index (κ2) is 4.04. The Hall–Kier alpha value is -3.12. The van der Waals surface area contributed by atoms with Gasteiger partial charge in [0.05, 0.1) is 16.6 Å². The van der Waals surface area contributed by atoms with E-state index in [0.29, 0.717) is 0 Å². The Morgan fingerprint density at radius 1 is 1.17 bits per heavy atom. The monoisotopic (exact) mass is 239 g/mol. The quantitative estimate of drug-likeness (QED) is 0.687. The molecule has 18 heavy (non-hydrogen) atoms. The molecule has 0 atom stereocenters. The number of nitrogens with one attached hydrogen (secondary N) is 1. The van der Waals surface area contributed by atoms with E-state index in [1.54, 1.807) is 12.1 Å². The highest BCUT2D eigenvalue weighted by Gasteiger charge is 2.10. The zero-order valence-corrected chi connectivity index (χ0v) is 8.89. The Kier molecular flexibility index (Phi) is 2.55.